The first-order valence-electron chi connectivity index (χ1n) is 7.81. The fraction of sp³-hybridized carbons (Fsp3) is 0.278. The Labute approximate surface area is 144 Å². The van der Waals surface area contributed by atoms with Gasteiger partial charge in [-0.3, -0.25) is 4.79 Å². The van der Waals surface area contributed by atoms with Crippen molar-refractivity contribution in [2.24, 2.45) is 0 Å². The Morgan fingerprint density at radius 3 is 2.38 bits per heavy atom. The van der Waals surface area contributed by atoms with Gasteiger partial charge in [0.2, 0.25) is 0 Å². The van der Waals surface area contributed by atoms with E-state index in [9.17, 15) is 13.6 Å². The van der Waals surface area contributed by atoms with Crippen molar-refractivity contribution in [1.82, 2.24) is 5.32 Å². The first-order chi connectivity index (χ1) is 11.5. The number of rotatable bonds is 4. The Morgan fingerprint density at radius 2 is 1.71 bits per heavy atom. The van der Waals surface area contributed by atoms with E-state index in [4.69, 9.17) is 11.6 Å². The number of halogens is 3. The van der Waals surface area contributed by atoms with Crippen molar-refractivity contribution in [1.29, 1.82) is 0 Å². The molecule has 2 aromatic carbocycles. The molecule has 1 saturated heterocycles. The lowest BCUT2D eigenvalue weighted by atomic mass is 10.1. The van der Waals surface area contributed by atoms with E-state index in [-0.39, 0.29) is 17.1 Å². The van der Waals surface area contributed by atoms with Gasteiger partial charge in [0, 0.05) is 25.3 Å². The van der Waals surface area contributed by atoms with Crippen LogP contribution in [-0.2, 0) is 6.54 Å². The van der Waals surface area contributed by atoms with Crippen LogP contribution in [0.1, 0.15) is 28.8 Å². The average Bonchev–Trinajstić information content (AvgIpc) is 3.11. The molecule has 3 rings (SSSR count). The van der Waals surface area contributed by atoms with E-state index >= 15 is 0 Å². The summed E-state index contributed by atoms with van der Waals surface area (Å²) in [6.07, 6.45) is 2.43. The smallest absolute Gasteiger partial charge is 0.253 e. The number of benzene rings is 2. The maximum absolute atomic E-state index is 13.3. The van der Waals surface area contributed by atoms with Crippen LogP contribution in [-0.4, -0.2) is 19.0 Å². The zero-order chi connectivity index (χ0) is 17.1. The van der Waals surface area contributed by atoms with E-state index in [1.165, 1.54) is 18.5 Å². The van der Waals surface area contributed by atoms with E-state index in [1.54, 1.807) is 0 Å². The minimum Gasteiger partial charge on any atom is -0.372 e. The molecular formula is C18H17ClF2N2O. The predicted octanol–water partition coefficient (Wildman–Crippen LogP) is 4.15. The second-order valence-electron chi connectivity index (χ2n) is 5.79. The normalized spacial score (nSPS) is 14.0. The fourth-order valence-corrected chi connectivity index (χ4v) is 3.01. The molecule has 3 nitrogen and oxygen atoms in total. The van der Waals surface area contributed by atoms with Gasteiger partial charge in [0.1, 0.15) is 0 Å². The van der Waals surface area contributed by atoms with Crippen molar-refractivity contribution in [2.45, 2.75) is 19.4 Å². The number of hydrogen-bond acceptors (Lipinski definition) is 2. The van der Waals surface area contributed by atoms with E-state index < -0.39 is 17.5 Å². The summed E-state index contributed by atoms with van der Waals surface area (Å²) < 4.78 is 26.3. The molecule has 0 aliphatic carbocycles. The highest BCUT2D eigenvalue weighted by Crippen LogP contribution is 2.21. The predicted molar refractivity (Wildman–Crippen MR) is 90.4 cm³/mol. The number of carbonyl (C=O) groups excluding carboxylic acids is 1. The SMILES string of the molecule is O=C(NCc1ccc(N2CCCC2)cc1)c1cc(F)c(F)cc1Cl. The highest BCUT2D eigenvalue weighted by atomic mass is 35.5. The molecule has 0 spiro atoms. The molecule has 0 atom stereocenters. The fourth-order valence-electron chi connectivity index (χ4n) is 2.77. The molecule has 1 heterocycles. The largest absolute Gasteiger partial charge is 0.372 e. The summed E-state index contributed by atoms with van der Waals surface area (Å²) in [5.74, 6) is -2.71. The molecule has 1 amide bonds. The van der Waals surface area contributed by atoms with Crippen LogP contribution in [0.3, 0.4) is 0 Å². The van der Waals surface area contributed by atoms with Gasteiger partial charge in [0.25, 0.3) is 5.91 Å². The molecular weight excluding hydrogens is 334 g/mol. The van der Waals surface area contributed by atoms with Gasteiger partial charge in [-0.1, -0.05) is 23.7 Å². The first kappa shape index (κ1) is 16.7. The van der Waals surface area contributed by atoms with Gasteiger partial charge in [0.15, 0.2) is 11.6 Å². The van der Waals surface area contributed by atoms with Gasteiger partial charge in [-0.2, -0.15) is 0 Å². The van der Waals surface area contributed by atoms with Crippen molar-refractivity contribution in [3.63, 3.8) is 0 Å². The molecule has 0 saturated carbocycles. The second-order valence-corrected chi connectivity index (χ2v) is 6.20. The van der Waals surface area contributed by atoms with Crippen molar-refractivity contribution in [3.8, 4) is 0 Å². The lowest BCUT2D eigenvalue weighted by molar-refractivity contribution is 0.0950. The van der Waals surface area contributed by atoms with E-state index in [1.807, 2.05) is 24.3 Å². The molecule has 0 bridgehead atoms. The number of hydrogen-bond donors (Lipinski definition) is 1. The van der Waals surface area contributed by atoms with Crippen molar-refractivity contribution in [3.05, 3.63) is 64.2 Å². The highest BCUT2D eigenvalue weighted by molar-refractivity contribution is 6.33. The number of nitrogens with zero attached hydrogens (tertiary/aromatic N) is 1. The molecule has 0 radical (unpaired) electrons. The summed E-state index contributed by atoms with van der Waals surface area (Å²) >= 11 is 5.80. The third kappa shape index (κ3) is 3.67. The van der Waals surface area contributed by atoms with Crippen LogP contribution in [0.2, 0.25) is 5.02 Å². The molecule has 2 aromatic rings. The Kier molecular flexibility index (Phi) is 5.00. The van der Waals surface area contributed by atoms with Crippen LogP contribution in [0.5, 0.6) is 0 Å². The van der Waals surface area contributed by atoms with Gasteiger partial charge in [0.05, 0.1) is 10.6 Å². The van der Waals surface area contributed by atoms with Crippen LogP contribution in [0.25, 0.3) is 0 Å². The van der Waals surface area contributed by atoms with Crippen LogP contribution in [0, 0.1) is 11.6 Å². The van der Waals surface area contributed by atoms with Gasteiger partial charge in [-0.05, 0) is 42.7 Å². The molecule has 0 aromatic heterocycles. The maximum Gasteiger partial charge on any atom is 0.253 e. The van der Waals surface area contributed by atoms with Crippen LogP contribution >= 0.6 is 11.6 Å². The lowest BCUT2D eigenvalue weighted by Gasteiger charge is -2.17. The number of anilines is 1. The summed E-state index contributed by atoms with van der Waals surface area (Å²) in [5.41, 5.74) is 2.01. The van der Waals surface area contributed by atoms with Crippen LogP contribution in [0.15, 0.2) is 36.4 Å². The van der Waals surface area contributed by atoms with Crippen LogP contribution in [0.4, 0.5) is 14.5 Å². The quantitative estimate of drug-likeness (QED) is 0.840. The Bertz CT molecular complexity index is 743. The first-order valence-corrected chi connectivity index (χ1v) is 8.19. The molecule has 126 valence electrons. The summed E-state index contributed by atoms with van der Waals surface area (Å²) in [6, 6.07) is 9.55. The number of nitrogens with one attached hydrogen (secondary N) is 1. The Hall–Kier alpha value is -2.14. The molecule has 1 aliphatic heterocycles. The summed E-state index contributed by atoms with van der Waals surface area (Å²) in [4.78, 5) is 14.4. The van der Waals surface area contributed by atoms with Crippen molar-refractivity contribution < 1.29 is 13.6 Å². The van der Waals surface area contributed by atoms with E-state index in [0.717, 1.165) is 30.8 Å². The van der Waals surface area contributed by atoms with E-state index in [2.05, 4.69) is 10.2 Å². The third-order valence-electron chi connectivity index (χ3n) is 4.12. The highest BCUT2D eigenvalue weighted by Gasteiger charge is 2.15. The van der Waals surface area contributed by atoms with Gasteiger partial charge in [-0.15, -0.1) is 0 Å². The Balaban J connectivity index is 1.63. The van der Waals surface area contributed by atoms with E-state index in [0.29, 0.717) is 0 Å². The molecule has 0 unspecified atom stereocenters. The minimum atomic E-state index is -1.10. The second kappa shape index (κ2) is 7.18. The van der Waals surface area contributed by atoms with Gasteiger partial charge >= 0.3 is 0 Å². The number of amides is 1. The summed E-state index contributed by atoms with van der Waals surface area (Å²) in [6.45, 7) is 2.43. The monoisotopic (exact) mass is 350 g/mol. The molecule has 1 aliphatic rings. The van der Waals surface area contributed by atoms with Gasteiger partial charge < -0.3 is 10.2 Å². The molecule has 24 heavy (non-hydrogen) atoms. The zero-order valence-corrected chi connectivity index (χ0v) is 13.7. The molecule has 1 fully saturated rings. The topological polar surface area (TPSA) is 32.3 Å². The maximum atomic E-state index is 13.3. The van der Waals surface area contributed by atoms with Gasteiger partial charge in [-0.25, -0.2) is 8.78 Å². The zero-order valence-electron chi connectivity index (χ0n) is 13.0. The Morgan fingerprint density at radius 1 is 1.08 bits per heavy atom. The lowest BCUT2D eigenvalue weighted by Crippen LogP contribution is -2.23. The standard InChI is InChI=1S/C18H17ClF2N2O/c19-15-10-17(21)16(20)9-14(15)18(24)22-11-12-3-5-13(6-4-12)23-7-1-2-8-23/h3-6,9-10H,1-2,7-8,11H2,(H,22,24). The minimum absolute atomic E-state index is 0.0794. The van der Waals surface area contributed by atoms with Crippen LogP contribution < -0.4 is 10.2 Å². The van der Waals surface area contributed by atoms with Crippen molar-refractivity contribution in [2.75, 3.05) is 18.0 Å². The summed E-state index contributed by atoms with van der Waals surface area (Å²) in [5, 5.41) is 2.55. The molecule has 1 N–H and O–H groups in total. The third-order valence-corrected chi connectivity index (χ3v) is 4.43. The summed E-state index contributed by atoms with van der Waals surface area (Å²) in [7, 11) is 0. The van der Waals surface area contributed by atoms with Crippen molar-refractivity contribution >= 4 is 23.2 Å². The number of carbonyl (C=O) groups is 1. The molecule has 6 heteroatoms. The average molecular weight is 351 g/mol.